The zero-order chi connectivity index (χ0) is 19.1. The van der Waals surface area contributed by atoms with Gasteiger partial charge in [-0.1, -0.05) is 24.3 Å². The first-order valence-electron chi connectivity index (χ1n) is 8.46. The molecule has 1 aliphatic rings. The van der Waals surface area contributed by atoms with Crippen LogP contribution in [-0.4, -0.2) is 32.5 Å². The highest BCUT2D eigenvalue weighted by atomic mass is 19.1. The molecule has 1 saturated carbocycles. The molecule has 2 heterocycles. The van der Waals surface area contributed by atoms with Crippen LogP contribution >= 0.6 is 0 Å². The summed E-state index contributed by atoms with van der Waals surface area (Å²) in [5, 5.41) is 11.2. The number of nitrogens with one attached hydrogen (secondary N) is 1. The van der Waals surface area contributed by atoms with Crippen molar-refractivity contribution in [3.63, 3.8) is 0 Å². The number of hydrogen-bond donors (Lipinski definition) is 3. The Kier molecular flexibility index (Phi) is 4.02. The number of carbonyl (C=O) groups is 2. The number of halogens is 1. The number of pyridine rings is 1. The van der Waals surface area contributed by atoms with Crippen LogP contribution < -0.4 is 11.1 Å². The van der Waals surface area contributed by atoms with Crippen LogP contribution in [0, 0.1) is 5.92 Å². The van der Waals surface area contributed by atoms with Gasteiger partial charge in [-0.05, 0) is 35.2 Å². The Balaban J connectivity index is 1.78. The number of nitrogens with two attached hydrogens (primary N) is 1. The van der Waals surface area contributed by atoms with Gasteiger partial charge in [0.15, 0.2) is 11.6 Å². The van der Waals surface area contributed by atoms with Crippen LogP contribution in [-0.2, 0) is 6.54 Å². The number of anilines is 1. The number of carboxylic acid groups (broad SMARTS) is 1. The van der Waals surface area contributed by atoms with Crippen molar-refractivity contribution in [2.75, 3.05) is 5.73 Å². The summed E-state index contributed by atoms with van der Waals surface area (Å²) in [5.74, 6) is -0.912. The molecule has 1 amide bonds. The van der Waals surface area contributed by atoms with Gasteiger partial charge in [-0.25, -0.2) is 14.2 Å². The van der Waals surface area contributed by atoms with Gasteiger partial charge in [-0.2, -0.15) is 0 Å². The molecule has 0 saturated heterocycles. The van der Waals surface area contributed by atoms with E-state index >= 15 is 0 Å². The van der Waals surface area contributed by atoms with Gasteiger partial charge in [-0.15, -0.1) is 0 Å². The number of hydrogen-bond acceptors (Lipinski definition) is 4. The molecule has 1 fully saturated rings. The van der Waals surface area contributed by atoms with E-state index < -0.39 is 18.2 Å². The van der Waals surface area contributed by atoms with Crippen LogP contribution in [0.15, 0.2) is 42.6 Å². The van der Waals surface area contributed by atoms with E-state index in [1.165, 1.54) is 0 Å². The quantitative estimate of drug-likeness (QED) is 0.600. The number of rotatable bonds is 5. The monoisotopic (exact) mass is 368 g/mol. The van der Waals surface area contributed by atoms with Gasteiger partial charge in [0.2, 0.25) is 0 Å². The Morgan fingerprint density at radius 2 is 2.04 bits per heavy atom. The fraction of sp³-hybridized carbons (Fsp3) is 0.211. The zero-order valence-corrected chi connectivity index (χ0v) is 14.2. The minimum absolute atomic E-state index is 0.0806. The third-order valence-electron chi connectivity index (χ3n) is 4.69. The predicted molar refractivity (Wildman–Crippen MR) is 97.2 cm³/mol. The molecule has 0 unspecified atom stereocenters. The Bertz CT molecular complexity index is 1060. The SMILES string of the molecule is Nc1nc2ccc(-c3ccccc3CNC(=O)O)cn2c1C(=O)[C@@H]1C[C@@H]1F. The summed E-state index contributed by atoms with van der Waals surface area (Å²) in [5.41, 5.74) is 8.97. The fourth-order valence-electron chi connectivity index (χ4n) is 3.20. The number of carbonyl (C=O) groups excluding carboxylic acids is 1. The van der Waals surface area contributed by atoms with Crippen LogP contribution in [0.25, 0.3) is 16.8 Å². The first-order valence-corrected chi connectivity index (χ1v) is 8.46. The second-order valence-electron chi connectivity index (χ2n) is 6.53. The van der Waals surface area contributed by atoms with E-state index in [-0.39, 0.29) is 30.3 Å². The number of alkyl halides is 1. The number of aromatic nitrogens is 2. The number of benzene rings is 1. The molecule has 0 spiro atoms. The molecule has 3 aromatic rings. The van der Waals surface area contributed by atoms with Crippen molar-refractivity contribution in [3.05, 3.63) is 53.9 Å². The lowest BCUT2D eigenvalue weighted by Crippen LogP contribution is -2.20. The molecule has 0 bridgehead atoms. The van der Waals surface area contributed by atoms with E-state index in [0.29, 0.717) is 5.65 Å². The summed E-state index contributed by atoms with van der Waals surface area (Å²) in [4.78, 5) is 27.6. The summed E-state index contributed by atoms with van der Waals surface area (Å²) < 4.78 is 14.9. The van der Waals surface area contributed by atoms with Crippen molar-refractivity contribution < 1.29 is 19.1 Å². The topological polar surface area (TPSA) is 110 Å². The lowest BCUT2D eigenvalue weighted by molar-refractivity contribution is 0.0952. The van der Waals surface area contributed by atoms with Gasteiger partial charge in [0.05, 0.1) is 5.92 Å². The van der Waals surface area contributed by atoms with E-state index in [2.05, 4.69) is 10.3 Å². The molecule has 1 aromatic carbocycles. The van der Waals surface area contributed by atoms with Crippen LogP contribution in [0.3, 0.4) is 0 Å². The van der Waals surface area contributed by atoms with Gasteiger partial charge in [0, 0.05) is 12.7 Å². The number of fused-ring (bicyclic) bond motifs is 1. The number of ketones is 1. The standard InChI is InChI=1S/C19H17FN4O3/c20-14-7-13(14)17(25)16-18(21)23-15-6-5-11(9-24(15)16)12-4-2-1-3-10(12)8-22-19(26)27/h1-6,9,13-14,22H,7-8,21H2,(H,26,27)/t13-,14+/m1/s1. The van der Waals surface area contributed by atoms with Crippen molar-refractivity contribution in [2.45, 2.75) is 19.1 Å². The lowest BCUT2D eigenvalue weighted by atomic mass is 10.0. The van der Waals surface area contributed by atoms with Crippen LogP contribution in [0.2, 0.25) is 0 Å². The maximum atomic E-state index is 13.4. The zero-order valence-electron chi connectivity index (χ0n) is 14.2. The van der Waals surface area contributed by atoms with E-state index in [9.17, 15) is 14.0 Å². The van der Waals surface area contributed by atoms with Crippen molar-refractivity contribution >= 4 is 23.3 Å². The van der Waals surface area contributed by atoms with Crippen LogP contribution in [0.4, 0.5) is 15.0 Å². The lowest BCUT2D eigenvalue weighted by Gasteiger charge is -2.11. The molecule has 7 nitrogen and oxygen atoms in total. The van der Waals surface area contributed by atoms with Crippen molar-refractivity contribution in [3.8, 4) is 11.1 Å². The maximum absolute atomic E-state index is 13.4. The maximum Gasteiger partial charge on any atom is 0.404 e. The van der Waals surface area contributed by atoms with Crippen molar-refractivity contribution in [2.24, 2.45) is 5.92 Å². The average Bonchev–Trinajstić information content (AvgIpc) is 3.28. The number of amides is 1. The van der Waals surface area contributed by atoms with Crippen molar-refractivity contribution in [1.82, 2.24) is 14.7 Å². The van der Waals surface area contributed by atoms with Crippen LogP contribution in [0.1, 0.15) is 22.5 Å². The van der Waals surface area contributed by atoms with E-state index in [0.717, 1.165) is 16.7 Å². The summed E-state index contributed by atoms with van der Waals surface area (Å²) in [6.45, 7) is 0.146. The fourth-order valence-corrected chi connectivity index (χ4v) is 3.20. The Labute approximate surface area is 153 Å². The van der Waals surface area contributed by atoms with E-state index in [4.69, 9.17) is 10.8 Å². The third-order valence-corrected chi connectivity index (χ3v) is 4.69. The molecular weight excluding hydrogens is 351 g/mol. The largest absolute Gasteiger partial charge is 0.465 e. The smallest absolute Gasteiger partial charge is 0.404 e. The first-order chi connectivity index (χ1) is 13.0. The number of imidazole rings is 1. The Morgan fingerprint density at radius 3 is 2.74 bits per heavy atom. The number of nitrogen functional groups attached to an aromatic ring is 1. The Morgan fingerprint density at radius 1 is 1.30 bits per heavy atom. The van der Waals surface area contributed by atoms with Crippen LogP contribution in [0.5, 0.6) is 0 Å². The minimum Gasteiger partial charge on any atom is -0.465 e. The number of Topliss-reactive ketones (excluding diaryl/α,β-unsaturated/α-hetero) is 1. The number of nitrogens with zero attached hydrogens (tertiary/aromatic N) is 2. The van der Waals surface area contributed by atoms with Gasteiger partial charge in [0.1, 0.15) is 17.5 Å². The minimum atomic E-state index is -1.12. The Hall–Kier alpha value is -3.42. The van der Waals surface area contributed by atoms with Gasteiger partial charge in [0.25, 0.3) is 0 Å². The summed E-state index contributed by atoms with van der Waals surface area (Å²) in [6.07, 6.45) is -0.287. The molecule has 4 rings (SSSR count). The third kappa shape index (κ3) is 3.10. The second kappa shape index (κ2) is 6.39. The molecule has 27 heavy (non-hydrogen) atoms. The molecule has 138 valence electrons. The molecule has 0 radical (unpaired) electrons. The molecular formula is C19H17FN4O3. The summed E-state index contributed by atoms with van der Waals surface area (Å²) in [7, 11) is 0. The van der Waals surface area contributed by atoms with Gasteiger partial charge >= 0.3 is 6.09 Å². The predicted octanol–water partition coefficient (Wildman–Crippen LogP) is 2.89. The average molecular weight is 368 g/mol. The van der Waals surface area contributed by atoms with Crippen molar-refractivity contribution in [1.29, 1.82) is 0 Å². The first kappa shape index (κ1) is 17.0. The molecule has 8 heteroatoms. The molecule has 0 aliphatic heterocycles. The van der Waals surface area contributed by atoms with Gasteiger partial charge < -0.3 is 16.2 Å². The van der Waals surface area contributed by atoms with Gasteiger partial charge in [-0.3, -0.25) is 9.20 Å². The highest BCUT2D eigenvalue weighted by Crippen LogP contribution is 2.38. The highest BCUT2D eigenvalue weighted by molar-refractivity contribution is 6.03. The summed E-state index contributed by atoms with van der Waals surface area (Å²) in [6, 6.07) is 10.9. The van der Waals surface area contributed by atoms with E-state index in [1.54, 1.807) is 16.7 Å². The summed E-state index contributed by atoms with van der Waals surface area (Å²) >= 11 is 0. The molecule has 2 atom stereocenters. The second-order valence-corrected chi connectivity index (χ2v) is 6.53. The molecule has 1 aliphatic carbocycles. The molecule has 4 N–H and O–H groups in total. The normalized spacial score (nSPS) is 18.4. The molecule has 2 aromatic heterocycles. The highest BCUT2D eigenvalue weighted by Gasteiger charge is 2.45. The van der Waals surface area contributed by atoms with E-state index in [1.807, 2.05) is 30.3 Å².